The first-order valence-corrected chi connectivity index (χ1v) is 4.64. The summed E-state index contributed by atoms with van der Waals surface area (Å²) in [5.41, 5.74) is 0. The highest BCUT2D eigenvalue weighted by molar-refractivity contribution is 4.69. The van der Waals surface area contributed by atoms with Crippen molar-refractivity contribution in [1.82, 2.24) is 15.5 Å². The minimum atomic E-state index is 0.564. The van der Waals surface area contributed by atoms with Gasteiger partial charge in [0.2, 0.25) is 0 Å². The molecule has 0 bridgehead atoms. The first-order valence-electron chi connectivity index (χ1n) is 4.64. The summed E-state index contributed by atoms with van der Waals surface area (Å²) in [5, 5.41) is 6.41. The second-order valence-corrected chi connectivity index (χ2v) is 3.54. The fraction of sp³-hybridized carbons (Fsp3) is 1.00. The Kier molecular flexibility index (Phi) is 6.34. The van der Waals surface area contributed by atoms with E-state index in [4.69, 9.17) is 0 Å². The van der Waals surface area contributed by atoms with Crippen LogP contribution in [0.4, 0.5) is 0 Å². The summed E-state index contributed by atoms with van der Waals surface area (Å²) < 4.78 is 0. The zero-order chi connectivity index (χ0) is 9.56. The third kappa shape index (κ3) is 4.70. The lowest BCUT2D eigenvalue weighted by molar-refractivity contribution is 0.234. The largest absolute Gasteiger partial charge is 0.318 e. The van der Waals surface area contributed by atoms with Gasteiger partial charge in [-0.05, 0) is 35.0 Å². The zero-order valence-electron chi connectivity index (χ0n) is 9.02. The number of hydrogen-bond donors (Lipinski definition) is 2. The van der Waals surface area contributed by atoms with E-state index in [0.717, 1.165) is 13.1 Å². The van der Waals surface area contributed by atoms with E-state index in [1.165, 1.54) is 0 Å². The van der Waals surface area contributed by atoms with Crippen molar-refractivity contribution in [1.29, 1.82) is 0 Å². The maximum absolute atomic E-state index is 3.23. The zero-order valence-corrected chi connectivity index (χ0v) is 9.02. The van der Waals surface area contributed by atoms with Gasteiger partial charge in [-0.1, -0.05) is 0 Å². The Morgan fingerprint density at radius 2 is 1.83 bits per heavy atom. The molecule has 0 aromatic carbocycles. The Morgan fingerprint density at radius 3 is 2.25 bits per heavy atom. The number of hydrogen-bond acceptors (Lipinski definition) is 3. The van der Waals surface area contributed by atoms with Crippen molar-refractivity contribution in [3.8, 4) is 0 Å². The standard InChI is InChI=1S/C9H23N3/c1-8(11-4)7-12(5)9(2)6-10-3/h8-11H,6-7H2,1-5H3. The summed E-state index contributed by atoms with van der Waals surface area (Å²) in [6.45, 7) is 6.58. The first kappa shape index (κ1) is 11.9. The second-order valence-electron chi connectivity index (χ2n) is 3.54. The maximum Gasteiger partial charge on any atom is 0.0189 e. The molecule has 0 heterocycles. The molecule has 74 valence electrons. The van der Waals surface area contributed by atoms with Crippen LogP contribution in [-0.4, -0.2) is 51.2 Å². The summed E-state index contributed by atoms with van der Waals surface area (Å²) >= 11 is 0. The highest BCUT2D eigenvalue weighted by Crippen LogP contribution is 1.95. The molecule has 2 N–H and O–H groups in total. The van der Waals surface area contributed by atoms with Gasteiger partial charge in [-0.2, -0.15) is 0 Å². The van der Waals surface area contributed by atoms with Crippen LogP contribution < -0.4 is 10.6 Å². The molecule has 0 aliphatic heterocycles. The van der Waals surface area contributed by atoms with Crippen LogP contribution in [0.3, 0.4) is 0 Å². The fourth-order valence-electron chi connectivity index (χ4n) is 1.15. The van der Waals surface area contributed by atoms with E-state index in [2.05, 4.69) is 36.4 Å². The van der Waals surface area contributed by atoms with Crippen molar-refractivity contribution in [2.24, 2.45) is 0 Å². The third-order valence-corrected chi connectivity index (χ3v) is 2.31. The average Bonchev–Trinajstić information content (AvgIpc) is 2.04. The van der Waals surface area contributed by atoms with E-state index < -0.39 is 0 Å². The van der Waals surface area contributed by atoms with E-state index in [9.17, 15) is 0 Å². The molecule has 0 saturated carbocycles. The van der Waals surface area contributed by atoms with E-state index in [0.29, 0.717) is 12.1 Å². The van der Waals surface area contributed by atoms with Crippen molar-refractivity contribution in [2.75, 3.05) is 34.2 Å². The van der Waals surface area contributed by atoms with Crippen LogP contribution in [0.2, 0.25) is 0 Å². The van der Waals surface area contributed by atoms with Crippen LogP contribution in [-0.2, 0) is 0 Å². The third-order valence-electron chi connectivity index (χ3n) is 2.31. The van der Waals surface area contributed by atoms with E-state index in [1.54, 1.807) is 0 Å². The van der Waals surface area contributed by atoms with Gasteiger partial charge in [-0.15, -0.1) is 0 Å². The van der Waals surface area contributed by atoms with E-state index >= 15 is 0 Å². The van der Waals surface area contributed by atoms with Crippen molar-refractivity contribution >= 4 is 0 Å². The van der Waals surface area contributed by atoms with Gasteiger partial charge in [0, 0.05) is 25.2 Å². The van der Waals surface area contributed by atoms with Gasteiger partial charge in [0.25, 0.3) is 0 Å². The number of nitrogens with one attached hydrogen (secondary N) is 2. The highest BCUT2D eigenvalue weighted by atomic mass is 15.2. The summed E-state index contributed by atoms with van der Waals surface area (Å²) in [5.74, 6) is 0. The Labute approximate surface area is 76.5 Å². The number of nitrogens with zero attached hydrogens (tertiary/aromatic N) is 1. The molecule has 0 spiro atoms. The van der Waals surface area contributed by atoms with Gasteiger partial charge in [-0.25, -0.2) is 0 Å². The van der Waals surface area contributed by atoms with Gasteiger partial charge >= 0.3 is 0 Å². The minimum absolute atomic E-state index is 0.564. The number of rotatable bonds is 6. The van der Waals surface area contributed by atoms with Crippen molar-refractivity contribution < 1.29 is 0 Å². The van der Waals surface area contributed by atoms with Crippen LogP contribution in [0.15, 0.2) is 0 Å². The molecule has 0 aromatic rings. The molecular formula is C9H23N3. The lowest BCUT2D eigenvalue weighted by Gasteiger charge is -2.27. The first-order chi connectivity index (χ1) is 5.61. The highest BCUT2D eigenvalue weighted by Gasteiger charge is 2.09. The molecule has 0 saturated heterocycles. The molecule has 3 heteroatoms. The summed E-state index contributed by atoms with van der Waals surface area (Å²) in [6, 6.07) is 1.17. The molecule has 0 fully saturated rings. The Morgan fingerprint density at radius 1 is 1.25 bits per heavy atom. The predicted octanol–water partition coefficient (Wildman–Crippen LogP) is 0.134. The lowest BCUT2D eigenvalue weighted by atomic mass is 10.2. The van der Waals surface area contributed by atoms with E-state index in [-0.39, 0.29) is 0 Å². The topological polar surface area (TPSA) is 27.3 Å². The maximum atomic E-state index is 3.23. The van der Waals surface area contributed by atoms with Crippen LogP contribution in [0.5, 0.6) is 0 Å². The van der Waals surface area contributed by atoms with Crippen LogP contribution >= 0.6 is 0 Å². The molecule has 0 aliphatic rings. The smallest absolute Gasteiger partial charge is 0.0189 e. The van der Waals surface area contributed by atoms with Crippen molar-refractivity contribution in [2.45, 2.75) is 25.9 Å². The summed E-state index contributed by atoms with van der Waals surface area (Å²) in [6.07, 6.45) is 0. The molecule has 3 nitrogen and oxygen atoms in total. The normalized spacial score (nSPS) is 16.5. The van der Waals surface area contributed by atoms with Crippen LogP contribution in [0.1, 0.15) is 13.8 Å². The van der Waals surface area contributed by atoms with Gasteiger partial charge in [0.1, 0.15) is 0 Å². The van der Waals surface area contributed by atoms with Crippen LogP contribution in [0.25, 0.3) is 0 Å². The molecule has 0 rings (SSSR count). The minimum Gasteiger partial charge on any atom is -0.318 e. The summed E-state index contributed by atoms with van der Waals surface area (Å²) in [7, 11) is 6.16. The monoisotopic (exact) mass is 173 g/mol. The molecule has 0 aliphatic carbocycles. The van der Waals surface area contributed by atoms with Crippen molar-refractivity contribution in [3.63, 3.8) is 0 Å². The lowest BCUT2D eigenvalue weighted by Crippen LogP contribution is -2.43. The molecular weight excluding hydrogens is 150 g/mol. The predicted molar refractivity (Wildman–Crippen MR) is 54.5 cm³/mol. The fourth-order valence-corrected chi connectivity index (χ4v) is 1.15. The molecule has 2 unspecified atom stereocenters. The van der Waals surface area contributed by atoms with Gasteiger partial charge in [-0.3, -0.25) is 0 Å². The second kappa shape index (κ2) is 6.40. The van der Waals surface area contributed by atoms with Crippen LogP contribution in [0, 0.1) is 0 Å². The number of likely N-dealkylation sites (N-methyl/N-ethyl adjacent to an activating group) is 3. The molecule has 0 amide bonds. The van der Waals surface area contributed by atoms with Crippen molar-refractivity contribution in [3.05, 3.63) is 0 Å². The molecule has 12 heavy (non-hydrogen) atoms. The quantitative estimate of drug-likeness (QED) is 0.598. The average molecular weight is 173 g/mol. The molecule has 0 aromatic heterocycles. The van der Waals surface area contributed by atoms with Gasteiger partial charge in [0.05, 0.1) is 0 Å². The Bertz CT molecular complexity index is 106. The summed E-state index contributed by atoms with van der Waals surface area (Å²) in [4.78, 5) is 2.36. The van der Waals surface area contributed by atoms with E-state index in [1.807, 2.05) is 14.1 Å². The van der Waals surface area contributed by atoms with Gasteiger partial charge in [0.15, 0.2) is 0 Å². The van der Waals surface area contributed by atoms with Gasteiger partial charge < -0.3 is 15.5 Å². The SMILES string of the molecule is CNCC(C)N(C)CC(C)NC. The molecule has 2 atom stereocenters. The Balaban J connectivity index is 3.62. The Hall–Kier alpha value is -0.120. The molecule has 0 radical (unpaired) electrons.